The zero-order valence-corrected chi connectivity index (χ0v) is 11.4. The number of piperidine rings is 1. The summed E-state index contributed by atoms with van der Waals surface area (Å²) in [6, 6.07) is 0.0367. The van der Waals surface area contributed by atoms with E-state index in [-0.39, 0.29) is 24.5 Å². The molecule has 2 rings (SSSR count). The van der Waals surface area contributed by atoms with Gasteiger partial charge in [0.25, 0.3) is 0 Å². The number of methoxy groups -OCH3 is 1. The second-order valence-electron chi connectivity index (χ2n) is 5.43. The molecule has 0 saturated carbocycles. The number of amides is 2. The molecule has 2 unspecified atom stereocenters. The van der Waals surface area contributed by atoms with Crippen LogP contribution >= 0.6 is 0 Å². The van der Waals surface area contributed by atoms with Gasteiger partial charge in [0.1, 0.15) is 0 Å². The van der Waals surface area contributed by atoms with Gasteiger partial charge >= 0.3 is 12.0 Å². The summed E-state index contributed by atoms with van der Waals surface area (Å²) in [5.74, 6) is -0.679. The quantitative estimate of drug-likeness (QED) is 0.831. The van der Waals surface area contributed by atoms with Gasteiger partial charge < -0.3 is 19.6 Å². The van der Waals surface area contributed by atoms with Crippen molar-refractivity contribution in [3.05, 3.63) is 0 Å². The molecule has 2 aliphatic rings. The maximum atomic E-state index is 12.3. The fourth-order valence-corrected chi connectivity index (χ4v) is 2.92. The predicted octanol–water partition coefficient (Wildman–Crippen LogP) is 1.01. The number of carbonyl (C=O) groups is 2. The summed E-state index contributed by atoms with van der Waals surface area (Å²) < 4.78 is 5.32. The Morgan fingerprint density at radius 3 is 2.63 bits per heavy atom. The summed E-state index contributed by atoms with van der Waals surface area (Å²) >= 11 is 0. The van der Waals surface area contributed by atoms with Crippen LogP contribution in [0, 0.1) is 5.92 Å². The van der Waals surface area contributed by atoms with E-state index in [4.69, 9.17) is 9.84 Å². The van der Waals surface area contributed by atoms with Crippen LogP contribution in [0.4, 0.5) is 4.79 Å². The van der Waals surface area contributed by atoms with Gasteiger partial charge in [0.05, 0.1) is 6.10 Å². The van der Waals surface area contributed by atoms with Crippen LogP contribution in [0.1, 0.15) is 25.7 Å². The molecule has 2 amide bonds. The van der Waals surface area contributed by atoms with Gasteiger partial charge in [0, 0.05) is 39.7 Å². The van der Waals surface area contributed by atoms with Crippen molar-refractivity contribution in [1.29, 1.82) is 0 Å². The molecule has 2 aliphatic heterocycles. The highest BCUT2D eigenvalue weighted by molar-refractivity contribution is 5.75. The van der Waals surface area contributed by atoms with Gasteiger partial charge in [0.15, 0.2) is 0 Å². The van der Waals surface area contributed by atoms with Crippen molar-refractivity contribution >= 4 is 12.0 Å². The predicted molar refractivity (Wildman–Crippen MR) is 68.9 cm³/mol. The molecule has 6 nitrogen and oxygen atoms in total. The number of carboxylic acid groups (broad SMARTS) is 1. The minimum Gasteiger partial charge on any atom is -0.481 e. The summed E-state index contributed by atoms with van der Waals surface area (Å²) in [7, 11) is 1.68. The third kappa shape index (κ3) is 3.59. The molecule has 108 valence electrons. The minimum absolute atomic E-state index is 0.0367. The molecule has 6 heteroatoms. The Labute approximate surface area is 113 Å². The van der Waals surface area contributed by atoms with Gasteiger partial charge in [-0.25, -0.2) is 4.79 Å². The Kier molecular flexibility index (Phi) is 4.63. The van der Waals surface area contributed by atoms with Crippen LogP contribution in [-0.2, 0) is 9.53 Å². The second kappa shape index (κ2) is 6.23. The van der Waals surface area contributed by atoms with E-state index in [2.05, 4.69) is 0 Å². The van der Waals surface area contributed by atoms with E-state index in [0.29, 0.717) is 19.6 Å². The molecule has 2 saturated heterocycles. The average molecular weight is 270 g/mol. The van der Waals surface area contributed by atoms with Gasteiger partial charge in [0.2, 0.25) is 0 Å². The molecule has 2 heterocycles. The number of aliphatic carboxylic acids is 1. The van der Waals surface area contributed by atoms with E-state index >= 15 is 0 Å². The molecule has 0 spiro atoms. The summed E-state index contributed by atoms with van der Waals surface area (Å²) in [5.41, 5.74) is 0. The van der Waals surface area contributed by atoms with Gasteiger partial charge in [-0.05, 0) is 25.2 Å². The molecule has 0 aromatic heterocycles. The largest absolute Gasteiger partial charge is 0.481 e. The Morgan fingerprint density at radius 2 is 1.95 bits per heavy atom. The molecule has 0 radical (unpaired) electrons. The number of likely N-dealkylation sites (tertiary alicyclic amines) is 2. The van der Waals surface area contributed by atoms with Crippen molar-refractivity contribution in [2.45, 2.75) is 31.8 Å². The molecule has 19 heavy (non-hydrogen) atoms. The summed E-state index contributed by atoms with van der Waals surface area (Å²) in [4.78, 5) is 26.6. The lowest BCUT2D eigenvalue weighted by Gasteiger charge is -2.34. The summed E-state index contributed by atoms with van der Waals surface area (Å²) in [5, 5.41) is 8.78. The number of carbonyl (C=O) groups excluding carboxylic acids is 1. The monoisotopic (exact) mass is 270 g/mol. The standard InChI is InChI=1S/C13H22N2O4/c1-19-11-3-2-5-14(9-11)13(18)15-6-4-10(8-15)7-12(16)17/h10-11H,2-9H2,1H3,(H,16,17). The van der Waals surface area contributed by atoms with Crippen molar-refractivity contribution in [2.24, 2.45) is 5.92 Å². The number of carboxylic acids is 1. The number of hydrogen-bond donors (Lipinski definition) is 1. The van der Waals surface area contributed by atoms with Crippen LogP contribution in [0.2, 0.25) is 0 Å². The maximum absolute atomic E-state index is 12.3. The molecule has 0 aliphatic carbocycles. The SMILES string of the molecule is COC1CCCN(C(=O)N2CCC(CC(=O)O)C2)C1. The number of ether oxygens (including phenoxy) is 1. The number of hydrogen-bond acceptors (Lipinski definition) is 3. The van der Waals surface area contributed by atoms with Crippen molar-refractivity contribution in [1.82, 2.24) is 9.80 Å². The van der Waals surface area contributed by atoms with E-state index in [9.17, 15) is 9.59 Å². The van der Waals surface area contributed by atoms with E-state index in [1.165, 1.54) is 0 Å². The first-order valence-electron chi connectivity index (χ1n) is 6.88. The van der Waals surface area contributed by atoms with Crippen molar-refractivity contribution in [3.63, 3.8) is 0 Å². The smallest absolute Gasteiger partial charge is 0.320 e. The first-order valence-corrected chi connectivity index (χ1v) is 6.88. The lowest BCUT2D eigenvalue weighted by molar-refractivity contribution is -0.138. The maximum Gasteiger partial charge on any atom is 0.320 e. The number of nitrogens with zero attached hydrogens (tertiary/aromatic N) is 2. The highest BCUT2D eigenvalue weighted by atomic mass is 16.5. The second-order valence-corrected chi connectivity index (χ2v) is 5.43. The third-order valence-corrected chi connectivity index (χ3v) is 4.00. The molecule has 0 aromatic rings. The van der Waals surface area contributed by atoms with Gasteiger partial charge in [-0.2, -0.15) is 0 Å². The fourth-order valence-electron chi connectivity index (χ4n) is 2.92. The molecule has 0 aromatic carbocycles. The molecule has 1 N–H and O–H groups in total. The van der Waals surface area contributed by atoms with Crippen molar-refractivity contribution < 1.29 is 19.4 Å². The van der Waals surface area contributed by atoms with Crippen LogP contribution in [0.3, 0.4) is 0 Å². The number of urea groups is 1. The first kappa shape index (κ1) is 14.1. The Bertz CT molecular complexity index is 348. The molecule has 2 fully saturated rings. The summed E-state index contributed by atoms with van der Waals surface area (Å²) in [6.45, 7) is 2.67. The minimum atomic E-state index is -0.781. The topological polar surface area (TPSA) is 70.1 Å². The van der Waals surface area contributed by atoms with Crippen LogP contribution in [0.15, 0.2) is 0 Å². The average Bonchev–Trinajstić information content (AvgIpc) is 2.85. The van der Waals surface area contributed by atoms with Gasteiger partial charge in [-0.3, -0.25) is 4.79 Å². The summed E-state index contributed by atoms with van der Waals surface area (Å²) in [6.07, 6.45) is 3.05. The van der Waals surface area contributed by atoms with E-state index in [0.717, 1.165) is 25.8 Å². The zero-order valence-electron chi connectivity index (χ0n) is 11.4. The van der Waals surface area contributed by atoms with E-state index in [1.54, 1.807) is 12.0 Å². The fraction of sp³-hybridized carbons (Fsp3) is 0.846. The molecule has 0 bridgehead atoms. The van der Waals surface area contributed by atoms with Crippen LogP contribution in [0.5, 0.6) is 0 Å². The van der Waals surface area contributed by atoms with Crippen LogP contribution in [-0.4, -0.2) is 66.3 Å². The first-order chi connectivity index (χ1) is 9.10. The van der Waals surface area contributed by atoms with Gasteiger partial charge in [-0.1, -0.05) is 0 Å². The van der Waals surface area contributed by atoms with Gasteiger partial charge in [-0.15, -0.1) is 0 Å². The van der Waals surface area contributed by atoms with E-state index < -0.39 is 5.97 Å². The molecular formula is C13H22N2O4. The normalized spacial score (nSPS) is 27.6. The van der Waals surface area contributed by atoms with E-state index in [1.807, 2.05) is 4.90 Å². The zero-order chi connectivity index (χ0) is 13.8. The van der Waals surface area contributed by atoms with Crippen LogP contribution in [0.25, 0.3) is 0 Å². The molecule has 2 atom stereocenters. The highest BCUT2D eigenvalue weighted by Crippen LogP contribution is 2.22. The van der Waals surface area contributed by atoms with Crippen LogP contribution < -0.4 is 0 Å². The third-order valence-electron chi connectivity index (χ3n) is 4.00. The Hall–Kier alpha value is -1.30. The van der Waals surface area contributed by atoms with Crippen molar-refractivity contribution in [3.8, 4) is 0 Å². The highest BCUT2D eigenvalue weighted by Gasteiger charge is 2.32. The van der Waals surface area contributed by atoms with Crippen molar-refractivity contribution in [2.75, 3.05) is 33.3 Å². The number of rotatable bonds is 3. The molecular weight excluding hydrogens is 248 g/mol. The lowest BCUT2D eigenvalue weighted by Crippen LogP contribution is -2.48. The Morgan fingerprint density at radius 1 is 1.21 bits per heavy atom. The lowest BCUT2D eigenvalue weighted by atomic mass is 10.1. The Balaban J connectivity index is 1.85.